The minimum absolute atomic E-state index is 1.37. The molecule has 0 spiro atoms. The molecule has 0 saturated carbocycles. The van der Waals surface area contributed by atoms with Crippen molar-refractivity contribution in [2.75, 3.05) is 21.3 Å². The Labute approximate surface area is 148 Å². The van der Waals surface area contributed by atoms with Crippen molar-refractivity contribution in [2.24, 2.45) is 0 Å². The summed E-state index contributed by atoms with van der Waals surface area (Å²) in [6.07, 6.45) is 20.4. The third kappa shape index (κ3) is 24.5. The predicted octanol–water partition coefficient (Wildman–Crippen LogP) is 6.13. The van der Waals surface area contributed by atoms with E-state index in [9.17, 15) is 0 Å². The Balaban J connectivity index is 0. The van der Waals surface area contributed by atoms with Crippen LogP contribution in [0.4, 0.5) is 0 Å². The summed E-state index contributed by atoms with van der Waals surface area (Å²) in [4.78, 5) is 0. The SMILES string of the molecule is CCCCCCCCCCCCCCCC.CO[SiH](OC)OC. The van der Waals surface area contributed by atoms with Crippen molar-refractivity contribution in [1.29, 1.82) is 0 Å². The molecule has 0 aromatic carbocycles. The summed E-state index contributed by atoms with van der Waals surface area (Å²) in [7, 11) is 3.05. The van der Waals surface area contributed by atoms with Gasteiger partial charge in [-0.25, -0.2) is 0 Å². The van der Waals surface area contributed by atoms with Gasteiger partial charge in [-0.1, -0.05) is 104 Å². The van der Waals surface area contributed by atoms with Crippen LogP contribution in [-0.4, -0.2) is 30.9 Å². The van der Waals surface area contributed by atoms with Crippen LogP contribution in [0.1, 0.15) is 104 Å². The van der Waals surface area contributed by atoms with Crippen molar-refractivity contribution in [1.82, 2.24) is 0 Å². The maximum absolute atomic E-state index is 4.74. The van der Waals surface area contributed by atoms with Gasteiger partial charge in [0.1, 0.15) is 0 Å². The van der Waals surface area contributed by atoms with E-state index in [0.717, 1.165) is 0 Å². The first kappa shape index (κ1) is 25.3. The Hall–Kier alpha value is 0.0969. The van der Waals surface area contributed by atoms with E-state index in [1.165, 1.54) is 89.9 Å². The fourth-order valence-electron chi connectivity index (χ4n) is 2.56. The van der Waals surface area contributed by atoms with E-state index in [1.54, 1.807) is 21.3 Å². The molecular formula is C19H44O3Si. The van der Waals surface area contributed by atoms with Gasteiger partial charge in [-0.2, -0.15) is 0 Å². The average Bonchev–Trinajstić information content (AvgIpc) is 2.58. The molecule has 0 aromatic rings. The molecule has 0 atom stereocenters. The molecule has 0 saturated heterocycles. The molecule has 0 bridgehead atoms. The van der Waals surface area contributed by atoms with E-state index in [2.05, 4.69) is 13.8 Å². The molecular weight excluding hydrogens is 304 g/mol. The molecule has 0 aliphatic carbocycles. The molecule has 0 N–H and O–H groups in total. The number of rotatable bonds is 16. The lowest BCUT2D eigenvalue weighted by Gasteiger charge is -2.05. The van der Waals surface area contributed by atoms with Gasteiger partial charge in [0.15, 0.2) is 0 Å². The second-order valence-corrected chi connectivity index (χ2v) is 8.23. The van der Waals surface area contributed by atoms with E-state index in [4.69, 9.17) is 13.3 Å². The fraction of sp³-hybridized carbons (Fsp3) is 1.00. The van der Waals surface area contributed by atoms with E-state index in [1.807, 2.05) is 0 Å². The van der Waals surface area contributed by atoms with Crippen LogP contribution in [0.2, 0.25) is 0 Å². The molecule has 0 rings (SSSR count). The summed E-state index contributed by atoms with van der Waals surface area (Å²) in [6.45, 7) is 4.58. The fourth-order valence-corrected chi connectivity index (χ4v) is 3.13. The first-order valence-corrected chi connectivity index (χ1v) is 11.3. The zero-order valence-corrected chi connectivity index (χ0v) is 17.9. The molecule has 0 amide bonds. The number of unbranched alkanes of at least 4 members (excludes halogenated alkanes) is 13. The monoisotopic (exact) mass is 348 g/mol. The van der Waals surface area contributed by atoms with Crippen LogP contribution in [-0.2, 0) is 13.3 Å². The van der Waals surface area contributed by atoms with Crippen molar-refractivity contribution in [3.8, 4) is 0 Å². The van der Waals surface area contributed by atoms with Crippen LogP contribution in [0.3, 0.4) is 0 Å². The van der Waals surface area contributed by atoms with Crippen molar-refractivity contribution >= 4 is 9.53 Å². The van der Waals surface area contributed by atoms with Gasteiger partial charge < -0.3 is 13.3 Å². The standard InChI is InChI=1S/C16H34.C3H10O3Si/c1-3-5-7-9-11-13-15-16-14-12-10-8-6-4-2;1-4-7(5-2)6-3/h3-16H2,1-2H3;7H,1-3H3. The van der Waals surface area contributed by atoms with Gasteiger partial charge in [-0.3, -0.25) is 0 Å². The summed E-state index contributed by atoms with van der Waals surface area (Å²) in [5.74, 6) is 0. The van der Waals surface area contributed by atoms with Crippen molar-refractivity contribution < 1.29 is 13.3 Å². The molecule has 0 aliphatic rings. The second-order valence-electron chi connectivity index (χ2n) is 6.24. The van der Waals surface area contributed by atoms with Crippen LogP contribution >= 0.6 is 0 Å². The molecule has 23 heavy (non-hydrogen) atoms. The summed E-state index contributed by atoms with van der Waals surface area (Å²) in [6, 6.07) is 0. The molecule has 0 radical (unpaired) electrons. The lowest BCUT2D eigenvalue weighted by molar-refractivity contribution is 0.163. The summed E-state index contributed by atoms with van der Waals surface area (Å²) < 4.78 is 14.2. The third-order valence-corrected chi connectivity index (χ3v) is 5.19. The lowest BCUT2D eigenvalue weighted by atomic mass is 10.0. The average molecular weight is 349 g/mol. The molecule has 142 valence electrons. The highest BCUT2D eigenvalue weighted by molar-refractivity contribution is 6.36. The summed E-state index contributed by atoms with van der Waals surface area (Å²) in [5.41, 5.74) is 0. The molecule has 0 heterocycles. The van der Waals surface area contributed by atoms with Crippen LogP contribution in [0.25, 0.3) is 0 Å². The van der Waals surface area contributed by atoms with Crippen molar-refractivity contribution in [3.63, 3.8) is 0 Å². The first-order valence-electron chi connectivity index (χ1n) is 9.85. The minimum Gasteiger partial charge on any atom is -0.379 e. The van der Waals surface area contributed by atoms with Crippen LogP contribution in [0.15, 0.2) is 0 Å². The van der Waals surface area contributed by atoms with Gasteiger partial charge in [-0.15, -0.1) is 0 Å². The Bertz CT molecular complexity index is 168. The van der Waals surface area contributed by atoms with Gasteiger partial charge in [0.25, 0.3) is 0 Å². The lowest BCUT2D eigenvalue weighted by Crippen LogP contribution is -2.21. The van der Waals surface area contributed by atoms with Gasteiger partial charge in [-0.05, 0) is 0 Å². The Morgan fingerprint density at radius 1 is 0.435 bits per heavy atom. The van der Waals surface area contributed by atoms with Crippen LogP contribution in [0, 0.1) is 0 Å². The third-order valence-electron chi connectivity index (χ3n) is 4.03. The van der Waals surface area contributed by atoms with E-state index < -0.39 is 9.53 Å². The molecule has 0 unspecified atom stereocenters. The van der Waals surface area contributed by atoms with Crippen molar-refractivity contribution in [3.05, 3.63) is 0 Å². The Morgan fingerprint density at radius 3 is 0.783 bits per heavy atom. The van der Waals surface area contributed by atoms with E-state index in [0.29, 0.717) is 0 Å². The minimum atomic E-state index is -1.67. The first-order chi connectivity index (χ1) is 11.3. The molecule has 0 aromatic heterocycles. The topological polar surface area (TPSA) is 27.7 Å². The zero-order chi connectivity index (χ0) is 17.6. The van der Waals surface area contributed by atoms with Crippen LogP contribution in [0.5, 0.6) is 0 Å². The zero-order valence-electron chi connectivity index (χ0n) is 16.7. The van der Waals surface area contributed by atoms with E-state index >= 15 is 0 Å². The van der Waals surface area contributed by atoms with E-state index in [-0.39, 0.29) is 0 Å². The van der Waals surface area contributed by atoms with Crippen molar-refractivity contribution in [2.45, 2.75) is 104 Å². The molecule has 0 fully saturated rings. The highest BCUT2D eigenvalue weighted by atomic mass is 28.3. The molecule has 4 heteroatoms. The smallest absolute Gasteiger partial charge is 0.379 e. The van der Waals surface area contributed by atoms with Gasteiger partial charge in [0.05, 0.1) is 0 Å². The van der Waals surface area contributed by atoms with Gasteiger partial charge in [0.2, 0.25) is 0 Å². The van der Waals surface area contributed by atoms with Crippen LogP contribution < -0.4 is 0 Å². The predicted molar refractivity (Wildman–Crippen MR) is 104 cm³/mol. The Morgan fingerprint density at radius 2 is 0.652 bits per heavy atom. The highest BCUT2D eigenvalue weighted by Gasteiger charge is 2.04. The molecule has 0 aliphatic heterocycles. The largest absolute Gasteiger partial charge is 0.483 e. The summed E-state index contributed by atoms with van der Waals surface area (Å²) >= 11 is 0. The quantitative estimate of drug-likeness (QED) is 0.248. The van der Waals surface area contributed by atoms with Gasteiger partial charge in [0, 0.05) is 21.3 Å². The highest BCUT2D eigenvalue weighted by Crippen LogP contribution is 2.12. The van der Waals surface area contributed by atoms with Gasteiger partial charge >= 0.3 is 9.53 Å². The maximum atomic E-state index is 4.74. The Kier molecular flexibility index (Phi) is 26.8. The number of hydrogen-bond donors (Lipinski definition) is 0. The maximum Gasteiger partial charge on any atom is 0.483 e. The number of hydrogen-bond acceptors (Lipinski definition) is 3. The molecule has 3 nitrogen and oxygen atoms in total. The second kappa shape index (κ2) is 24.4. The summed E-state index contributed by atoms with van der Waals surface area (Å²) in [5, 5.41) is 0. The normalized spacial score (nSPS) is 10.7.